The molecular formula is C17H22FNO3S. The number of nitrogens with zero attached hydrogens (tertiary/aromatic N) is 1. The molecule has 0 spiro atoms. The van der Waals surface area contributed by atoms with Crippen molar-refractivity contribution in [3.05, 3.63) is 35.6 Å². The molecule has 6 heteroatoms. The van der Waals surface area contributed by atoms with Gasteiger partial charge in [-0.15, -0.1) is 0 Å². The van der Waals surface area contributed by atoms with Gasteiger partial charge in [-0.3, -0.25) is 4.79 Å². The molecule has 0 radical (unpaired) electrons. The van der Waals surface area contributed by atoms with E-state index in [0.717, 1.165) is 19.3 Å². The molecule has 1 saturated heterocycles. The second-order valence-corrected chi connectivity index (χ2v) is 8.90. The van der Waals surface area contributed by atoms with Crippen LogP contribution in [0.3, 0.4) is 0 Å². The van der Waals surface area contributed by atoms with Gasteiger partial charge in [0.05, 0.1) is 11.5 Å². The molecule has 4 nitrogen and oxygen atoms in total. The molecule has 1 aliphatic heterocycles. The second-order valence-electron chi connectivity index (χ2n) is 6.67. The van der Waals surface area contributed by atoms with Crippen LogP contribution in [0, 0.1) is 11.7 Å². The predicted molar refractivity (Wildman–Crippen MR) is 86.0 cm³/mol. The molecule has 2 aliphatic rings. The lowest BCUT2D eigenvalue weighted by molar-refractivity contribution is -0.135. The van der Waals surface area contributed by atoms with E-state index in [2.05, 4.69) is 0 Å². The predicted octanol–water partition coefficient (Wildman–Crippen LogP) is 2.53. The first-order chi connectivity index (χ1) is 10.9. The highest BCUT2D eigenvalue weighted by atomic mass is 32.2. The van der Waals surface area contributed by atoms with E-state index in [-0.39, 0.29) is 35.8 Å². The zero-order valence-electron chi connectivity index (χ0n) is 13.1. The molecule has 1 unspecified atom stereocenters. The molecule has 23 heavy (non-hydrogen) atoms. The fourth-order valence-corrected chi connectivity index (χ4v) is 5.04. The van der Waals surface area contributed by atoms with Crippen LogP contribution in [0.5, 0.6) is 0 Å². The zero-order valence-corrected chi connectivity index (χ0v) is 13.9. The van der Waals surface area contributed by atoms with E-state index >= 15 is 0 Å². The van der Waals surface area contributed by atoms with E-state index < -0.39 is 9.84 Å². The van der Waals surface area contributed by atoms with E-state index in [1.54, 1.807) is 23.1 Å². The van der Waals surface area contributed by atoms with Crippen LogP contribution in [0.25, 0.3) is 0 Å². The van der Waals surface area contributed by atoms with Crippen LogP contribution in [0.4, 0.5) is 4.39 Å². The van der Waals surface area contributed by atoms with Gasteiger partial charge in [-0.05, 0) is 31.2 Å². The molecule has 1 amide bonds. The van der Waals surface area contributed by atoms with Crippen molar-refractivity contribution in [3.63, 3.8) is 0 Å². The largest absolute Gasteiger partial charge is 0.334 e. The monoisotopic (exact) mass is 339 g/mol. The van der Waals surface area contributed by atoms with Crippen molar-refractivity contribution in [3.8, 4) is 0 Å². The van der Waals surface area contributed by atoms with Gasteiger partial charge in [0, 0.05) is 24.6 Å². The van der Waals surface area contributed by atoms with Crippen molar-refractivity contribution in [1.29, 1.82) is 0 Å². The van der Waals surface area contributed by atoms with Crippen LogP contribution >= 0.6 is 0 Å². The number of rotatable bonds is 5. The summed E-state index contributed by atoms with van der Waals surface area (Å²) in [5, 5.41) is 0. The number of sulfone groups is 1. The molecule has 1 heterocycles. The number of hydrogen-bond donors (Lipinski definition) is 0. The smallest absolute Gasteiger partial charge is 0.223 e. The molecule has 3 rings (SSSR count). The highest BCUT2D eigenvalue weighted by Gasteiger charge is 2.36. The van der Waals surface area contributed by atoms with Crippen LogP contribution in [-0.4, -0.2) is 36.8 Å². The third kappa shape index (κ3) is 3.91. The lowest BCUT2D eigenvalue weighted by Gasteiger charge is -2.32. The SMILES string of the molecule is O=C(CC1CCC1)N(Cc1ccccc1F)C1CCS(=O)(=O)C1. The number of hydrogen-bond acceptors (Lipinski definition) is 3. The number of benzene rings is 1. The first-order valence-corrected chi connectivity index (χ1v) is 10.00. The minimum atomic E-state index is -3.08. The standard InChI is InChI=1S/C17H22FNO3S/c18-16-7-2-1-6-14(16)11-19(15-8-9-23(21,22)12-15)17(20)10-13-4-3-5-13/h1-2,6-7,13,15H,3-5,8-12H2. The maximum absolute atomic E-state index is 13.9. The Morgan fingerprint density at radius 1 is 1.22 bits per heavy atom. The summed E-state index contributed by atoms with van der Waals surface area (Å²) in [5.74, 6) is 0.124. The molecular weight excluding hydrogens is 317 g/mol. The van der Waals surface area contributed by atoms with Crippen molar-refractivity contribution in [1.82, 2.24) is 4.90 Å². The van der Waals surface area contributed by atoms with Gasteiger partial charge in [0.1, 0.15) is 5.82 Å². The van der Waals surface area contributed by atoms with E-state index in [4.69, 9.17) is 0 Å². The van der Waals surface area contributed by atoms with Crippen LogP contribution in [-0.2, 0) is 21.2 Å². The summed E-state index contributed by atoms with van der Waals surface area (Å²) in [6, 6.07) is 6.04. The van der Waals surface area contributed by atoms with E-state index in [9.17, 15) is 17.6 Å². The maximum Gasteiger partial charge on any atom is 0.223 e. The fourth-order valence-electron chi connectivity index (χ4n) is 3.31. The van der Waals surface area contributed by atoms with Gasteiger partial charge in [0.15, 0.2) is 9.84 Å². The van der Waals surface area contributed by atoms with Gasteiger partial charge in [-0.25, -0.2) is 12.8 Å². The summed E-state index contributed by atoms with van der Waals surface area (Å²) in [6.07, 6.45) is 4.17. The number of amides is 1. The minimum Gasteiger partial charge on any atom is -0.334 e. The molecule has 1 aromatic carbocycles. The summed E-state index contributed by atoms with van der Waals surface area (Å²) < 4.78 is 37.5. The highest BCUT2D eigenvalue weighted by molar-refractivity contribution is 7.91. The molecule has 1 saturated carbocycles. The van der Waals surface area contributed by atoms with Gasteiger partial charge in [0.2, 0.25) is 5.91 Å². The minimum absolute atomic E-state index is 0.00212. The highest BCUT2D eigenvalue weighted by Crippen LogP contribution is 2.31. The van der Waals surface area contributed by atoms with Crippen LogP contribution in [0.2, 0.25) is 0 Å². The zero-order chi connectivity index (χ0) is 16.4. The third-order valence-corrected chi connectivity index (χ3v) is 6.71. The van der Waals surface area contributed by atoms with Crippen molar-refractivity contribution in [2.24, 2.45) is 5.92 Å². The molecule has 0 aromatic heterocycles. The molecule has 0 bridgehead atoms. The first kappa shape index (κ1) is 16.4. The Morgan fingerprint density at radius 3 is 2.52 bits per heavy atom. The van der Waals surface area contributed by atoms with Crippen molar-refractivity contribution in [2.45, 2.75) is 44.7 Å². The topological polar surface area (TPSA) is 54.5 Å². The normalized spacial score (nSPS) is 23.4. The van der Waals surface area contributed by atoms with Crippen molar-refractivity contribution >= 4 is 15.7 Å². The number of carbonyl (C=O) groups is 1. The Labute approximate surface area is 136 Å². The first-order valence-electron chi connectivity index (χ1n) is 8.18. The quantitative estimate of drug-likeness (QED) is 0.828. The molecule has 2 fully saturated rings. The van der Waals surface area contributed by atoms with Gasteiger partial charge >= 0.3 is 0 Å². The van der Waals surface area contributed by atoms with Crippen LogP contribution < -0.4 is 0 Å². The summed E-state index contributed by atoms with van der Waals surface area (Å²) in [5.41, 5.74) is 0.443. The maximum atomic E-state index is 13.9. The molecule has 0 N–H and O–H groups in total. The van der Waals surface area contributed by atoms with Crippen LogP contribution in [0.1, 0.15) is 37.7 Å². The van der Waals surface area contributed by atoms with Gasteiger partial charge < -0.3 is 4.90 Å². The Bertz CT molecular complexity index is 685. The summed E-state index contributed by atoms with van der Waals surface area (Å²) in [7, 11) is -3.08. The van der Waals surface area contributed by atoms with Crippen LogP contribution in [0.15, 0.2) is 24.3 Å². The fraction of sp³-hybridized carbons (Fsp3) is 0.588. The van der Waals surface area contributed by atoms with Gasteiger partial charge in [-0.2, -0.15) is 0 Å². The van der Waals surface area contributed by atoms with E-state index in [1.807, 2.05) is 0 Å². The average Bonchev–Trinajstić information content (AvgIpc) is 2.81. The van der Waals surface area contributed by atoms with Gasteiger partial charge in [0.25, 0.3) is 0 Å². The molecule has 1 aromatic rings. The Kier molecular flexibility index (Phi) is 4.71. The third-order valence-electron chi connectivity index (χ3n) is 4.96. The lowest BCUT2D eigenvalue weighted by Crippen LogP contribution is -2.42. The summed E-state index contributed by atoms with van der Waals surface area (Å²) in [6.45, 7) is 0.151. The second kappa shape index (κ2) is 6.59. The molecule has 126 valence electrons. The Balaban J connectivity index is 1.78. The lowest BCUT2D eigenvalue weighted by atomic mass is 9.82. The Hall–Kier alpha value is -1.43. The average molecular weight is 339 g/mol. The number of halogens is 1. The van der Waals surface area contributed by atoms with E-state index in [1.165, 1.54) is 6.07 Å². The van der Waals surface area contributed by atoms with E-state index in [0.29, 0.717) is 24.3 Å². The number of carbonyl (C=O) groups excluding carboxylic acids is 1. The Morgan fingerprint density at radius 2 is 1.96 bits per heavy atom. The summed E-state index contributed by atoms with van der Waals surface area (Å²) >= 11 is 0. The van der Waals surface area contributed by atoms with Crippen molar-refractivity contribution in [2.75, 3.05) is 11.5 Å². The van der Waals surface area contributed by atoms with Gasteiger partial charge in [-0.1, -0.05) is 24.6 Å². The molecule has 1 aliphatic carbocycles. The molecule has 1 atom stereocenters. The van der Waals surface area contributed by atoms with Crippen molar-refractivity contribution < 1.29 is 17.6 Å². The summed E-state index contributed by atoms with van der Waals surface area (Å²) in [4.78, 5) is 14.3.